The Labute approximate surface area is 172 Å². The van der Waals surface area contributed by atoms with Crippen LogP contribution in [0.4, 0.5) is 5.69 Å². The summed E-state index contributed by atoms with van der Waals surface area (Å²) in [6.45, 7) is 2.05. The van der Waals surface area contributed by atoms with Crippen molar-refractivity contribution in [3.05, 3.63) is 30.1 Å². The molecule has 1 saturated carbocycles. The molecule has 2 aromatic heterocycles. The highest BCUT2D eigenvalue weighted by atomic mass is 16.5. The lowest BCUT2D eigenvalue weighted by Gasteiger charge is -2.24. The van der Waals surface area contributed by atoms with Crippen LogP contribution in [0.1, 0.15) is 37.0 Å². The molecular weight excluding hydrogens is 386 g/mol. The van der Waals surface area contributed by atoms with Crippen molar-refractivity contribution in [3.8, 4) is 5.75 Å². The third-order valence-corrected chi connectivity index (χ3v) is 6.18. The molecule has 2 atom stereocenters. The van der Waals surface area contributed by atoms with Crippen molar-refractivity contribution in [2.75, 3.05) is 11.9 Å². The molecule has 2 aliphatic heterocycles. The minimum Gasteiger partial charge on any atom is -0.491 e. The van der Waals surface area contributed by atoms with Crippen LogP contribution in [-0.2, 0) is 24.4 Å². The number of nitrogens with one attached hydrogen (secondary N) is 2. The first-order valence-corrected chi connectivity index (χ1v) is 10.4. The summed E-state index contributed by atoms with van der Waals surface area (Å²) in [7, 11) is 0. The molecule has 1 aliphatic carbocycles. The number of rotatable bonds is 5. The van der Waals surface area contributed by atoms with Gasteiger partial charge in [-0.25, -0.2) is 19.4 Å². The van der Waals surface area contributed by atoms with Gasteiger partial charge in [0.2, 0.25) is 0 Å². The Morgan fingerprint density at radius 3 is 3.10 bits per heavy atom. The van der Waals surface area contributed by atoms with Crippen LogP contribution in [-0.4, -0.2) is 48.0 Å². The van der Waals surface area contributed by atoms with E-state index in [0.29, 0.717) is 19.7 Å². The molecule has 10 heteroatoms. The number of carboxylic acids is 1. The average molecular weight is 409 g/mol. The van der Waals surface area contributed by atoms with E-state index >= 15 is 0 Å². The summed E-state index contributed by atoms with van der Waals surface area (Å²) in [6, 6.07) is 3.32. The first kappa shape index (κ1) is 17.7. The molecule has 0 bridgehead atoms. The zero-order valence-electron chi connectivity index (χ0n) is 16.4. The van der Waals surface area contributed by atoms with Gasteiger partial charge in [-0.05, 0) is 31.2 Å². The number of imidazole rings is 1. The maximum Gasteiger partial charge on any atom is 0.326 e. The number of aryl methyl sites for hydroxylation is 1. The van der Waals surface area contributed by atoms with Crippen LogP contribution in [0.15, 0.2) is 18.5 Å². The molecule has 1 fully saturated rings. The Hall–Kier alpha value is -3.14. The standard InChI is InChI=1S/C20H23N7O3/c28-20(29)17(11-2-3-11)24-12-6-13-18-15(7-12)30-5-1-4-26(18)19(25-13)14-8-16-21-9-23-27(16)10-22-14/h6-7,9,11,14,17,22,24H,1-5,8,10H2,(H,28,29)/t14?,17-/m0/s1. The van der Waals surface area contributed by atoms with Crippen LogP contribution in [0, 0.1) is 5.92 Å². The molecule has 0 radical (unpaired) electrons. The van der Waals surface area contributed by atoms with Crippen LogP contribution in [0.5, 0.6) is 5.75 Å². The normalized spacial score (nSPS) is 21.5. The molecule has 10 nitrogen and oxygen atoms in total. The first-order chi connectivity index (χ1) is 14.7. The van der Waals surface area contributed by atoms with E-state index in [0.717, 1.165) is 59.9 Å². The summed E-state index contributed by atoms with van der Waals surface area (Å²) in [5.74, 6) is 2.03. The smallest absolute Gasteiger partial charge is 0.326 e. The van der Waals surface area contributed by atoms with E-state index in [1.165, 1.54) is 0 Å². The lowest BCUT2D eigenvalue weighted by molar-refractivity contribution is -0.138. The number of hydrogen-bond donors (Lipinski definition) is 3. The summed E-state index contributed by atoms with van der Waals surface area (Å²) >= 11 is 0. The Bertz CT molecular complexity index is 1130. The molecule has 30 heavy (non-hydrogen) atoms. The van der Waals surface area contributed by atoms with Crippen molar-refractivity contribution in [2.24, 2.45) is 5.92 Å². The SMILES string of the molecule is O=C(O)[C@@H](Nc1cc2c3c(c1)nc(C1Cc4ncnn4CN1)n3CCCO2)C1CC1. The van der Waals surface area contributed by atoms with Crippen LogP contribution < -0.4 is 15.4 Å². The zero-order valence-corrected chi connectivity index (χ0v) is 16.4. The number of nitrogens with zero attached hydrogens (tertiary/aromatic N) is 5. The van der Waals surface area contributed by atoms with Crippen molar-refractivity contribution >= 4 is 22.7 Å². The Morgan fingerprint density at radius 1 is 1.37 bits per heavy atom. The van der Waals surface area contributed by atoms with Gasteiger partial charge in [-0.3, -0.25) is 5.32 Å². The lowest BCUT2D eigenvalue weighted by atomic mass is 10.1. The number of carboxylic acid groups (broad SMARTS) is 1. The van der Waals surface area contributed by atoms with E-state index in [4.69, 9.17) is 9.72 Å². The molecule has 3 aromatic rings. The highest BCUT2D eigenvalue weighted by Gasteiger charge is 2.36. The first-order valence-electron chi connectivity index (χ1n) is 10.4. The fourth-order valence-electron chi connectivity index (χ4n) is 4.54. The number of ether oxygens (including phenoxy) is 1. The number of fused-ring (bicyclic) bond motifs is 1. The Balaban J connectivity index is 1.40. The van der Waals surface area contributed by atoms with Gasteiger partial charge in [-0.15, -0.1) is 0 Å². The number of aromatic nitrogens is 5. The molecule has 0 amide bonds. The summed E-state index contributed by atoms with van der Waals surface area (Å²) < 4.78 is 10.1. The van der Waals surface area contributed by atoms with E-state index in [2.05, 4.69) is 25.3 Å². The molecule has 0 spiro atoms. The molecule has 3 aliphatic rings. The van der Waals surface area contributed by atoms with Crippen molar-refractivity contribution in [1.82, 2.24) is 29.6 Å². The van der Waals surface area contributed by atoms with Gasteiger partial charge in [0, 0.05) is 24.7 Å². The minimum absolute atomic E-state index is 0.0368. The van der Waals surface area contributed by atoms with Gasteiger partial charge in [-0.1, -0.05) is 0 Å². The molecule has 1 aromatic carbocycles. The fraction of sp³-hybridized carbons (Fsp3) is 0.500. The van der Waals surface area contributed by atoms with Gasteiger partial charge in [0.15, 0.2) is 0 Å². The van der Waals surface area contributed by atoms with Crippen molar-refractivity contribution in [2.45, 2.75) is 51.0 Å². The monoisotopic (exact) mass is 409 g/mol. The van der Waals surface area contributed by atoms with Crippen molar-refractivity contribution in [3.63, 3.8) is 0 Å². The molecule has 3 N–H and O–H groups in total. The molecule has 4 heterocycles. The van der Waals surface area contributed by atoms with Crippen LogP contribution in [0.3, 0.4) is 0 Å². The van der Waals surface area contributed by atoms with Crippen LogP contribution >= 0.6 is 0 Å². The topological polar surface area (TPSA) is 119 Å². The second-order valence-electron chi connectivity index (χ2n) is 8.26. The largest absolute Gasteiger partial charge is 0.491 e. The fourth-order valence-corrected chi connectivity index (χ4v) is 4.54. The predicted molar refractivity (Wildman–Crippen MR) is 107 cm³/mol. The van der Waals surface area contributed by atoms with Gasteiger partial charge in [-0.2, -0.15) is 5.10 Å². The van der Waals surface area contributed by atoms with E-state index < -0.39 is 12.0 Å². The predicted octanol–water partition coefficient (Wildman–Crippen LogP) is 1.53. The van der Waals surface area contributed by atoms with E-state index in [-0.39, 0.29) is 12.0 Å². The molecular formula is C20H23N7O3. The zero-order chi connectivity index (χ0) is 20.2. The maximum atomic E-state index is 11.7. The van der Waals surface area contributed by atoms with E-state index in [9.17, 15) is 9.90 Å². The third-order valence-electron chi connectivity index (χ3n) is 6.18. The number of hydrogen-bond acceptors (Lipinski definition) is 7. The summed E-state index contributed by atoms with van der Waals surface area (Å²) in [5.41, 5.74) is 2.53. The van der Waals surface area contributed by atoms with E-state index in [1.807, 2.05) is 16.8 Å². The third kappa shape index (κ3) is 2.90. The quantitative estimate of drug-likeness (QED) is 0.580. The van der Waals surface area contributed by atoms with Crippen LogP contribution in [0.2, 0.25) is 0 Å². The van der Waals surface area contributed by atoms with E-state index in [1.54, 1.807) is 6.33 Å². The van der Waals surface area contributed by atoms with Gasteiger partial charge < -0.3 is 19.7 Å². The highest BCUT2D eigenvalue weighted by molar-refractivity contribution is 5.88. The number of aliphatic carboxylic acids is 1. The minimum atomic E-state index is -0.814. The summed E-state index contributed by atoms with van der Waals surface area (Å²) in [5, 5.41) is 20.5. The lowest BCUT2D eigenvalue weighted by Crippen LogP contribution is -2.35. The van der Waals surface area contributed by atoms with Gasteiger partial charge >= 0.3 is 5.97 Å². The Kier molecular flexibility index (Phi) is 3.95. The van der Waals surface area contributed by atoms with Crippen LogP contribution in [0.25, 0.3) is 11.0 Å². The Morgan fingerprint density at radius 2 is 2.27 bits per heavy atom. The van der Waals surface area contributed by atoms with Crippen molar-refractivity contribution in [1.29, 1.82) is 0 Å². The highest BCUT2D eigenvalue weighted by Crippen LogP contribution is 2.38. The molecule has 156 valence electrons. The van der Waals surface area contributed by atoms with Gasteiger partial charge in [0.1, 0.15) is 35.3 Å². The maximum absolute atomic E-state index is 11.7. The molecule has 0 saturated heterocycles. The molecule has 1 unspecified atom stereocenters. The summed E-state index contributed by atoms with van der Waals surface area (Å²) in [6.07, 6.45) is 5.09. The number of carbonyl (C=O) groups is 1. The number of benzene rings is 1. The average Bonchev–Trinajstić information content (AvgIpc) is 3.40. The summed E-state index contributed by atoms with van der Waals surface area (Å²) in [4.78, 5) is 21.0. The van der Waals surface area contributed by atoms with Gasteiger partial charge in [0.05, 0.1) is 24.8 Å². The molecule has 6 rings (SSSR count). The second kappa shape index (κ2) is 6.69. The van der Waals surface area contributed by atoms with Gasteiger partial charge in [0.25, 0.3) is 0 Å². The second-order valence-corrected chi connectivity index (χ2v) is 8.26. The number of anilines is 1. The van der Waals surface area contributed by atoms with Crippen molar-refractivity contribution < 1.29 is 14.6 Å².